The molecule has 0 bridgehead atoms. The van der Waals surface area contributed by atoms with Crippen molar-refractivity contribution in [2.45, 2.75) is 20.0 Å². The molecule has 0 aromatic heterocycles. The highest BCUT2D eigenvalue weighted by molar-refractivity contribution is 6.31. The van der Waals surface area contributed by atoms with E-state index in [9.17, 15) is 4.79 Å². The van der Waals surface area contributed by atoms with Crippen LogP contribution in [0.15, 0.2) is 42.5 Å². The Morgan fingerprint density at radius 2 is 1.85 bits per heavy atom. The molecule has 104 valence electrons. The van der Waals surface area contributed by atoms with Gasteiger partial charge in [-0.3, -0.25) is 4.79 Å². The molecule has 2 aromatic rings. The molecule has 0 saturated carbocycles. The Kier molecular flexibility index (Phi) is 4.77. The third-order valence-electron chi connectivity index (χ3n) is 3.29. The fourth-order valence-electron chi connectivity index (χ4n) is 2.05. The van der Waals surface area contributed by atoms with E-state index in [4.69, 9.17) is 17.3 Å². The molecule has 4 heteroatoms. The molecule has 0 fully saturated rings. The highest BCUT2D eigenvalue weighted by Crippen LogP contribution is 2.18. The lowest BCUT2D eigenvalue weighted by molar-refractivity contribution is 0.0950. The first kappa shape index (κ1) is 14.6. The molecular weight excluding hydrogens is 272 g/mol. The molecule has 0 saturated heterocycles. The summed E-state index contributed by atoms with van der Waals surface area (Å²) in [4.78, 5) is 12.2. The van der Waals surface area contributed by atoms with Crippen LogP contribution in [0.4, 0.5) is 0 Å². The molecule has 0 aliphatic heterocycles. The first-order valence-corrected chi connectivity index (χ1v) is 6.81. The number of benzene rings is 2. The van der Waals surface area contributed by atoms with Crippen LogP contribution in [0.25, 0.3) is 0 Å². The predicted molar refractivity (Wildman–Crippen MR) is 81.7 cm³/mol. The zero-order chi connectivity index (χ0) is 14.5. The minimum Gasteiger partial charge on any atom is -0.348 e. The van der Waals surface area contributed by atoms with Gasteiger partial charge in [0.15, 0.2) is 0 Å². The topological polar surface area (TPSA) is 55.1 Å². The second-order valence-corrected chi connectivity index (χ2v) is 4.98. The Labute approximate surface area is 123 Å². The number of carbonyl (C=O) groups excluding carboxylic acids is 1. The average molecular weight is 289 g/mol. The highest BCUT2D eigenvalue weighted by Gasteiger charge is 2.11. The Morgan fingerprint density at radius 1 is 1.15 bits per heavy atom. The Bertz CT molecular complexity index is 626. The van der Waals surface area contributed by atoms with Crippen LogP contribution in [-0.4, -0.2) is 5.91 Å². The molecule has 0 atom stereocenters. The summed E-state index contributed by atoms with van der Waals surface area (Å²) < 4.78 is 0. The fraction of sp³-hybridized carbons (Fsp3) is 0.188. The average Bonchev–Trinajstić information content (AvgIpc) is 2.48. The van der Waals surface area contributed by atoms with Gasteiger partial charge in [-0.25, -0.2) is 0 Å². The van der Waals surface area contributed by atoms with E-state index in [0.29, 0.717) is 23.7 Å². The number of hydrogen-bond acceptors (Lipinski definition) is 2. The van der Waals surface area contributed by atoms with Crippen LogP contribution >= 0.6 is 11.6 Å². The number of carbonyl (C=O) groups is 1. The largest absolute Gasteiger partial charge is 0.348 e. The van der Waals surface area contributed by atoms with Gasteiger partial charge in [-0.15, -0.1) is 0 Å². The van der Waals surface area contributed by atoms with Gasteiger partial charge in [0.05, 0.1) is 0 Å². The van der Waals surface area contributed by atoms with Gasteiger partial charge in [0, 0.05) is 23.7 Å². The number of halogens is 1. The van der Waals surface area contributed by atoms with Crippen molar-refractivity contribution in [2.75, 3.05) is 0 Å². The molecule has 0 radical (unpaired) electrons. The van der Waals surface area contributed by atoms with Crippen molar-refractivity contribution in [1.82, 2.24) is 5.32 Å². The first-order valence-electron chi connectivity index (χ1n) is 6.43. The van der Waals surface area contributed by atoms with Gasteiger partial charge < -0.3 is 11.1 Å². The van der Waals surface area contributed by atoms with E-state index in [1.807, 2.05) is 31.2 Å². The van der Waals surface area contributed by atoms with Crippen molar-refractivity contribution in [3.63, 3.8) is 0 Å². The van der Waals surface area contributed by atoms with Crippen LogP contribution in [0.5, 0.6) is 0 Å². The van der Waals surface area contributed by atoms with E-state index in [1.165, 1.54) is 0 Å². The number of amides is 1. The third kappa shape index (κ3) is 3.18. The summed E-state index contributed by atoms with van der Waals surface area (Å²) in [5, 5.41) is 3.50. The summed E-state index contributed by atoms with van der Waals surface area (Å²) in [5.41, 5.74) is 9.14. The summed E-state index contributed by atoms with van der Waals surface area (Å²) in [6.45, 7) is 2.76. The quantitative estimate of drug-likeness (QED) is 0.908. The second kappa shape index (κ2) is 6.55. The van der Waals surface area contributed by atoms with E-state index in [2.05, 4.69) is 5.32 Å². The molecule has 3 N–H and O–H groups in total. The van der Waals surface area contributed by atoms with Gasteiger partial charge in [0.2, 0.25) is 0 Å². The lowest BCUT2D eigenvalue weighted by Crippen LogP contribution is -2.24. The zero-order valence-electron chi connectivity index (χ0n) is 11.3. The molecule has 2 rings (SSSR count). The minimum atomic E-state index is -0.128. The van der Waals surface area contributed by atoms with Gasteiger partial charge in [0.1, 0.15) is 0 Å². The second-order valence-electron chi connectivity index (χ2n) is 4.57. The van der Waals surface area contributed by atoms with Crippen molar-refractivity contribution in [3.8, 4) is 0 Å². The number of hydrogen-bond donors (Lipinski definition) is 2. The monoisotopic (exact) mass is 288 g/mol. The van der Waals surface area contributed by atoms with Crippen LogP contribution in [-0.2, 0) is 13.1 Å². The summed E-state index contributed by atoms with van der Waals surface area (Å²) >= 11 is 6.03. The number of rotatable bonds is 4. The number of nitrogens with one attached hydrogen (secondary N) is 1. The predicted octanol–water partition coefficient (Wildman–Crippen LogP) is 3.04. The van der Waals surface area contributed by atoms with Gasteiger partial charge >= 0.3 is 0 Å². The zero-order valence-corrected chi connectivity index (χ0v) is 12.1. The molecule has 0 spiro atoms. The summed E-state index contributed by atoms with van der Waals surface area (Å²) in [5.74, 6) is -0.128. The molecule has 20 heavy (non-hydrogen) atoms. The molecule has 3 nitrogen and oxygen atoms in total. The van der Waals surface area contributed by atoms with E-state index in [-0.39, 0.29) is 5.91 Å². The van der Waals surface area contributed by atoms with Crippen LogP contribution in [0.2, 0.25) is 5.02 Å². The maximum absolute atomic E-state index is 12.2. The summed E-state index contributed by atoms with van der Waals surface area (Å²) in [6, 6.07) is 13.1. The van der Waals surface area contributed by atoms with Crippen molar-refractivity contribution in [2.24, 2.45) is 5.73 Å². The molecule has 2 aromatic carbocycles. The SMILES string of the molecule is Cc1c(Cl)cccc1C(=O)NCc1ccccc1CN. The number of nitrogens with two attached hydrogens (primary N) is 1. The summed E-state index contributed by atoms with van der Waals surface area (Å²) in [6.07, 6.45) is 0. The normalized spacial score (nSPS) is 10.3. The Balaban J connectivity index is 2.11. The van der Waals surface area contributed by atoms with Gasteiger partial charge in [-0.2, -0.15) is 0 Å². The van der Waals surface area contributed by atoms with E-state index >= 15 is 0 Å². The molecular formula is C16H17ClN2O. The summed E-state index contributed by atoms with van der Waals surface area (Å²) in [7, 11) is 0. The van der Waals surface area contributed by atoms with Gasteiger partial charge in [-0.1, -0.05) is 41.9 Å². The minimum absolute atomic E-state index is 0.128. The lowest BCUT2D eigenvalue weighted by atomic mass is 10.1. The molecule has 1 amide bonds. The van der Waals surface area contributed by atoms with Gasteiger partial charge in [0.25, 0.3) is 5.91 Å². The van der Waals surface area contributed by atoms with Crippen molar-refractivity contribution in [1.29, 1.82) is 0 Å². The smallest absolute Gasteiger partial charge is 0.251 e. The molecule has 0 unspecified atom stereocenters. The van der Waals surface area contributed by atoms with Crippen LogP contribution in [0, 0.1) is 6.92 Å². The van der Waals surface area contributed by atoms with Crippen molar-refractivity contribution in [3.05, 3.63) is 69.7 Å². The van der Waals surface area contributed by atoms with Crippen molar-refractivity contribution < 1.29 is 4.79 Å². The van der Waals surface area contributed by atoms with Crippen molar-refractivity contribution >= 4 is 17.5 Å². The van der Waals surface area contributed by atoms with Gasteiger partial charge in [-0.05, 0) is 35.7 Å². The van der Waals surface area contributed by atoms with E-state index in [0.717, 1.165) is 16.7 Å². The van der Waals surface area contributed by atoms with E-state index < -0.39 is 0 Å². The Hall–Kier alpha value is -1.84. The van der Waals surface area contributed by atoms with Crippen LogP contribution < -0.4 is 11.1 Å². The van der Waals surface area contributed by atoms with Crippen LogP contribution in [0.1, 0.15) is 27.0 Å². The highest BCUT2D eigenvalue weighted by atomic mass is 35.5. The fourth-order valence-corrected chi connectivity index (χ4v) is 2.23. The molecule has 0 heterocycles. The lowest BCUT2D eigenvalue weighted by Gasteiger charge is -2.11. The maximum atomic E-state index is 12.2. The first-order chi connectivity index (χ1) is 9.63. The van der Waals surface area contributed by atoms with Crippen LogP contribution in [0.3, 0.4) is 0 Å². The van der Waals surface area contributed by atoms with E-state index in [1.54, 1.807) is 18.2 Å². The third-order valence-corrected chi connectivity index (χ3v) is 3.70. The standard InChI is InChI=1S/C16H17ClN2O/c1-11-14(7-4-8-15(11)17)16(20)19-10-13-6-3-2-5-12(13)9-18/h2-8H,9-10,18H2,1H3,(H,19,20). The Morgan fingerprint density at radius 3 is 2.55 bits per heavy atom. The molecule has 0 aliphatic rings. The maximum Gasteiger partial charge on any atom is 0.251 e. The molecule has 0 aliphatic carbocycles.